The second-order valence-corrected chi connectivity index (χ2v) is 10.1. The first kappa shape index (κ1) is 22.4. The minimum Gasteiger partial charge on any atom is -0.508 e. The molecule has 1 aliphatic heterocycles. The Labute approximate surface area is 191 Å². The Balaban J connectivity index is 1.85. The maximum Gasteiger partial charge on any atom is 0.144 e. The number of carbonyl (C=O) groups excluding carboxylic acids is 1. The smallest absolute Gasteiger partial charge is 0.144 e. The zero-order valence-corrected chi connectivity index (χ0v) is 20.1. The summed E-state index contributed by atoms with van der Waals surface area (Å²) in [5.41, 5.74) is 6.68. The quantitative estimate of drug-likeness (QED) is 0.611. The molecule has 0 amide bonds. The van der Waals surface area contributed by atoms with Gasteiger partial charge in [-0.3, -0.25) is 9.79 Å². The van der Waals surface area contributed by atoms with Crippen LogP contribution in [0.15, 0.2) is 35.3 Å². The molecule has 4 rings (SSSR count). The van der Waals surface area contributed by atoms with Crippen LogP contribution in [0.25, 0.3) is 0 Å². The number of aromatic hydroxyl groups is 1. The molecule has 2 aliphatic rings. The number of hydrogen-bond donors (Lipinski definition) is 2. The number of benzene rings is 2. The molecule has 32 heavy (non-hydrogen) atoms. The maximum absolute atomic E-state index is 13.4. The minimum atomic E-state index is -0.388. The number of Topliss-reactive ketones (excluding diaryl/α,β-unsaturated/α-hetero) is 1. The van der Waals surface area contributed by atoms with Gasteiger partial charge in [0.1, 0.15) is 11.5 Å². The second kappa shape index (κ2) is 8.27. The lowest BCUT2D eigenvalue weighted by Crippen LogP contribution is -2.42. The molecule has 170 valence electrons. The molecule has 5 heteroatoms. The highest BCUT2D eigenvalue weighted by molar-refractivity contribution is 6.10. The molecule has 2 N–H and O–H groups in total. The molecule has 1 heterocycles. The summed E-state index contributed by atoms with van der Waals surface area (Å²) in [6.45, 7) is 14.4. The Bertz CT molecular complexity index is 1080. The molecule has 0 bridgehead atoms. The summed E-state index contributed by atoms with van der Waals surface area (Å²) in [5, 5.41) is 14.7. The molecule has 1 fully saturated rings. The first-order valence-corrected chi connectivity index (χ1v) is 11.7. The second-order valence-electron chi connectivity index (χ2n) is 10.1. The Morgan fingerprint density at radius 2 is 1.78 bits per heavy atom. The van der Waals surface area contributed by atoms with Crippen LogP contribution in [-0.4, -0.2) is 29.7 Å². The Morgan fingerprint density at radius 3 is 2.44 bits per heavy atom. The SMILES string of the molecule is CCN(CC)c1ccc([C@@H]2Nc3cc(C)c(C)cc3N=C3CC(C)(C)CC(=O)[C@H]32)c(O)c1. The number of nitrogens with one attached hydrogen (secondary N) is 1. The first-order valence-electron chi connectivity index (χ1n) is 11.7. The van der Waals surface area contributed by atoms with Crippen molar-refractivity contribution >= 4 is 28.6 Å². The van der Waals surface area contributed by atoms with E-state index in [9.17, 15) is 9.90 Å². The van der Waals surface area contributed by atoms with Crippen molar-refractivity contribution < 1.29 is 9.90 Å². The van der Waals surface area contributed by atoms with Crippen LogP contribution in [0.2, 0.25) is 0 Å². The van der Waals surface area contributed by atoms with Crippen LogP contribution in [0.4, 0.5) is 17.1 Å². The van der Waals surface area contributed by atoms with E-state index in [2.05, 4.69) is 63.9 Å². The summed E-state index contributed by atoms with van der Waals surface area (Å²) in [5.74, 6) is 0.0170. The van der Waals surface area contributed by atoms with Crippen molar-refractivity contribution in [2.24, 2.45) is 16.3 Å². The average molecular weight is 434 g/mol. The van der Waals surface area contributed by atoms with Crippen LogP contribution in [0, 0.1) is 25.2 Å². The minimum absolute atomic E-state index is 0.115. The number of aryl methyl sites for hydroxylation is 2. The number of nitrogens with zero attached hydrogens (tertiary/aromatic N) is 2. The van der Waals surface area contributed by atoms with Gasteiger partial charge in [0, 0.05) is 42.5 Å². The van der Waals surface area contributed by atoms with Crippen LogP contribution in [0.5, 0.6) is 5.75 Å². The van der Waals surface area contributed by atoms with Gasteiger partial charge in [-0.25, -0.2) is 0 Å². The van der Waals surface area contributed by atoms with Gasteiger partial charge in [-0.2, -0.15) is 0 Å². The van der Waals surface area contributed by atoms with E-state index in [4.69, 9.17) is 4.99 Å². The molecule has 0 unspecified atom stereocenters. The van der Waals surface area contributed by atoms with Gasteiger partial charge in [0.2, 0.25) is 0 Å². The summed E-state index contributed by atoms with van der Waals surface area (Å²) in [6.07, 6.45) is 1.29. The molecule has 0 radical (unpaired) electrons. The lowest BCUT2D eigenvalue weighted by molar-refractivity contribution is -0.124. The fraction of sp³-hybridized carbons (Fsp3) is 0.481. The molecule has 2 aromatic carbocycles. The highest BCUT2D eigenvalue weighted by Gasteiger charge is 2.44. The van der Waals surface area contributed by atoms with Gasteiger partial charge in [-0.15, -0.1) is 0 Å². The van der Waals surface area contributed by atoms with Crippen molar-refractivity contribution in [1.29, 1.82) is 0 Å². The third-order valence-electron chi connectivity index (χ3n) is 7.02. The molecular weight excluding hydrogens is 398 g/mol. The van der Waals surface area contributed by atoms with E-state index >= 15 is 0 Å². The Morgan fingerprint density at radius 1 is 1.09 bits per heavy atom. The number of aliphatic imine (C=N–C) groups is 1. The number of rotatable bonds is 4. The van der Waals surface area contributed by atoms with Gasteiger partial charge < -0.3 is 15.3 Å². The fourth-order valence-electron chi connectivity index (χ4n) is 5.17. The lowest BCUT2D eigenvalue weighted by Gasteiger charge is -2.37. The highest BCUT2D eigenvalue weighted by Crippen LogP contribution is 2.47. The van der Waals surface area contributed by atoms with Gasteiger partial charge in [0.25, 0.3) is 0 Å². The normalized spacial score (nSPS) is 21.7. The molecule has 0 aromatic heterocycles. The van der Waals surface area contributed by atoms with Crippen molar-refractivity contribution in [2.45, 2.75) is 60.4 Å². The summed E-state index contributed by atoms with van der Waals surface area (Å²) >= 11 is 0. The summed E-state index contributed by atoms with van der Waals surface area (Å²) < 4.78 is 0. The third-order valence-corrected chi connectivity index (χ3v) is 7.02. The van der Waals surface area contributed by atoms with Crippen molar-refractivity contribution in [1.82, 2.24) is 0 Å². The Kier molecular flexibility index (Phi) is 5.78. The van der Waals surface area contributed by atoms with Crippen molar-refractivity contribution in [3.8, 4) is 5.75 Å². The number of phenols is 1. The standard InChI is InChI=1S/C27H35N3O2/c1-7-30(8-2)18-9-10-19(23(31)13-18)26-25-22(14-27(5,6)15-24(25)32)28-20-11-16(3)17(4)12-21(20)29-26/h9-13,25-26,29,31H,7-8,14-15H2,1-6H3/t25-,26-/m0/s1. The van der Waals surface area contributed by atoms with E-state index in [-0.39, 0.29) is 28.9 Å². The zero-order valence-electron chi connectivity index (χ0n) is 20.1. The van der Waals surface area contributed by atoms with Crippen molar-refractivity contribution in [3.05, 3.63) is 47.0 Å². The van der Waals surface area contributed by atoms with Crippen LogP contribution in [-0.2, 0) is 4.79 Å². The van der Waals surface area contributed by atoms with Crippen LogP contribution < -0.4 is 10.2 Å². The van der Waals surface area contributed by atoms with Crippen molar-refractivity contribution in [2.75, 3.05) is 23.3 Å². The molecule has 1 aliphatic carbocycles. The van der Waals surface area contributed by atoms with E-state index in [1.54, 1.807) is 0 Å². The molecular formula is C27H35N3O2. The van der Waals surface area contributed by atoms with Gasteiger partial charge in [0.05, 0.1) is 23.3 Å². The molecule has 0 saturated heterocycles. The first-order chi connectivity index (χ1) is 15.1. The van der Waals surface area contributed by atoms with Crippen LogP contribution in [0.1, 0.15) is 63.3 Å². The molecule has 5 nitrogen and oxygen atoms in total. The molecule has 2 aromatic rings. The zero-order chi connectivity index (χ0) is 23.2. The number of phenolic OH excluding ortho intramolecular Hbond substituents is 1. The van der Waals surface area contributed by atoms with Gasteiger partial charge in [0.15, 0.2) is 0 Å². The van der Waals surface area contributed by atoms with E-state index in [0.29, 0.717) is 6.42 Å². The van der Waals surface area contributed by atoms with Crippen LogP contribution in [0.3, 0.4) is 0 Å². The summed E-state index contributed by atoms with van der Waals surface area (Å²) in [6, 6.07) is 9.69. The lowest BCUT2D eigenvalue weighted by atomic mass is 9.68. The fourth-order valence-corrected chi connectivity index (χ4v) is 5.17. The highest BCUT2D eigenvalue weighted by atomic mass is 16.3. The molecule has 0 spiro atoms. The van der Waals surface area contributed by atoms with Gasteiger partial charge in [-0.1, -0.05) is 19.9 Å². The molecule has 2 atom stereocenters. The summed E-state index contributed by atoms with van der Waals surface area (Å²) in [7, 11) is 0. The number of fused-ring (bicyclic) bond motifs is 2. The predicted molar refractivity (Wildman–Crippen MR) is 133 cm³/mol. The van der Waals surface area contributed by atoms with Crippen molar-refractivity contribution in [3.63, 3.8) is 0 Å². The summed E-state index contributed by atoms with van der Waals surface area (Å²) in [4.78, 5) is 20.7. The predicted octanol–water partition coefficient (Wildman–Crippen LogP) is 6.10. The average Bonchev–Trinajstić information content (AvgIpc) is 2.85. The number of anilines is 2. The third kappa shape index (κ3) is 4.01. The number of ketones is 1. The van der Waals surface area contributed by atoms with Gasteiger partial charge in [-0.05, 0) is 68.9 Å². The van der Waals surface area contributed by atoms with E-state index in [1.807, 2.05) is 18.2 Å². The topological polar surface area (TPSA) is 64.9 Å². The maximum atomic E-state index is 13.4. The Hall–Kier alpha value is -2.82. The number of carbonyl (C=O) groups is 1. The number of hydrogen-bond acceptors (Lipinski definition) is 5. The largest absolute Gasteiger partial charge is 0.508 e. The molecule has 1 saturated carbocycles. The monoisotopic (exact) mass is 433 g/mol. The van der Waals surface area contributed by atoms with Crippen LogP contribution >= 0.6 is 0 Å². The van der Waals surface area contributed by atoms with E-state index in [1.165, 1.54) is 11.1 Å². The van der Waals surface area contributed by atoms with Gasteiger partial charge >= 0.3 is 0 Å². The van der Waals surface area contributed by atoms with E-state index in [0.717, 1.165) is 47.8 Å². The van der Waals surface area contributed by atoms with E-state index < -0.39 is 0 Å².